The number of likely N-dealkylation sites (tertiary alicyclic amines) is 1. The van der Waals surface area contributed by atoms with E-state index in [0.29, 0.717) is 6.04 Å². The summed E-state index contributed by atoms with van der Waals surface area (Å²) in [5.41, 5.74) is 0. The molecule has 3 rings (SSSR count). The molecule has 0 aromatic carbocycles. The second kappa shape index (κ2) is 5.47. The molecule has 102 valence electrons. The molecule has 0 aromatic rings. The first-order chi connectivity index (χ1) is 8.83. The van der Waals surface area contributed by atoms with Gasteiger partial charge in [0.15, 0.2) is 0 Å². The van der Waals surface area contributed by atoms with Crippen molar-refractivity contribution in [3.05, 3.63) is 0 Å². The smallest absolute Gasteiger partial charge is 0.317 e. The summed E-state index contributed by atoms with van der Waals surface area (Å²) < 4.78 is 0. The summed E-state index contributed by atoms with van der Waals surface area (Å²) in [5.74, 6) is 0.792. The third-order valence-electron chi connectivity index (χ3n) is 4.93. The van der Waals surface area contributed by atoms with Crippen molar-refractivity contribution in [2.24, 2.45) is 5.92 Å². The van der Waals surface area contributed by atoms with Crippen LogP contribution in [0.25, 0.3) is 0 Å². The van der Waals surface area contributed by atoms with Crippen molar-refractivity contribution in [2.75, 3.05) is 19.6 Å². The van der Waals surface area contributed by atoms with Crippen LogP contribution in [0.1, 0.15) is 44.9 Å². The van der Waals surface area contributed by atoms with Crippen molar-refractivity contribution in [3.63, 3.8) is 0 Å². The monoisotopic (exact) mass is 251 g/mol. The van der Waals surface area contributed by atoms with Gasteiger partial charge in [-0.1, -0.05) is 0 Å². The first-order valence-electron chi connectivity index (χ1n) is 7.62. The van der Waals surface area contributed by atoms with Crippen LogP contribution >= 0.6 is 0 Å². The van der Waals surface area contributed by atoms with E-state index in [4.69, 9.17) is 0 Å². The number of urea groups is 1. The predicted molar refractivity (Wildman–Crippen MR) is 71.5 cm³/mol. The van der Waals surface area contributed by atoms with Crippen LogP contribution in [0.15, 0.2) is 0 Å². The summed E-state index contributed by atoms with van der Waals surface area (Å²) in [6.07, 6.45) is 8.64. The first-order valence-corrected chi connectivity index (χ1v) is 7.62. The molecule has 0 radical (unpaired) electrons. The van der Waals surface area contributed by atoms with Gasteiger partial charge in [0, 0.05) is 25.2 Å². The second-order valence-electron chi connectivity index (χ2n) is 6.10. The molecule has 1 unspecified atom stereocenters. The molecule has 2 heterocycles. The minimum atomic E-state index is 0.178. The molecule has 2 amide bonds. The van der Waals surface area contributed by atoms with E-state index in [1.165, 1.54) is 51.5 Å². The Balaban J connectivity index is 1.42. The zero-order chi connectivity index (χ0) is 12.4. The van der Waals surface area contributed by atoms with E-state index < -0.39 is 0 Å². The van der Waals surface area contributed by atoms with E-state index in [0.717, 1.165) is 25.0 Å². The first kappa shape index (κ1) is 12.3. The van der Waals surface area contributed by atoms with Gasteiger partial charge in [-0.3, -0.25) is 0 Å². The maximum atomic E-state index is 12.0. The van der Waals surface area contributed by atoms with Gasteiger partial charge in [0.2, 0.25) is 0 Å². The van der Waals surface area contributed by atoms with Gasteiger partial charge in [0.05, 0.1) is 0 Å². The number of nitrogens with one attached hydrogen (secondary N) is 2. The lowest BCUT2D eigenvalue weighted by molar-refractivity contribution is 0.152. The number of amides is 2. The van der Waals surface area contributed by atoms with Crippen LogP contribution in [0.5, 0.6) is 0 Å². The summed E-state index contributed by atoms with van der Waals surface area (Å²) in [5, 5.41) is 6.74. The molecule has 1 saturated carbocycles. The van der Waals surface area contributed by atoms with Crippen molar-refractivity contribution in [2.45, 2.75) is 57.0 Å². The molecule has 3 fully saturated rings. The van der Waals surface area contributed by atoms with E-state index in [9.17, 15) is 4.79 Å². The molecule has 2 N–H and O–H groups in total. The van der Waals surface area contributed by atoms with Crippen LogP contribution in [0.2, 0.25) is 0 Å². The summed E-state index contributed by atoms with van der Waals surface area (Å²) in [6, 6.07) is 1.37. The van der Waals surface area contributed by atoms with E-state index in [2.05, 4.69) is 10.6 Å². The Morgan fingerprint density at radius 3 is 2.39 bits per heavy atom. The largest absolute Gasteiger partial charge is 0.335 e. The quantitative estimate of drug-likeness (QED) is 0.785. The van der Waals surface area contributed by atoms with Crippen molar-refractivity contribution < 1.29 is 4.79 Å². The Kier molecular flexibility index (Phi) is 3.73. The minimum Gasteiger partial charge on any atom is -0.335 e. The van der Waals surface area contributed by atoms with Crippen LogP contribution in [0.3, 0.4) is 0 Å². The fraction of sp³-hybridized carbons (Fsp3) is 0.929. The molecule has 1 atom stereocenters. The maximum Gasteiger partial charge on any atom is 0.317 e. The van der Waals surface area contributed by atoms with E-state index in [-0.39, 0.29) is 6.03 Å². The van der Waals surface area contributed by atoms with Gasteiger partial charge >= 0.3 is 6.03 Å². The number of carbonyl (C=O) groups excluding carboxylic acids is 1. The minimum absolute atomic E-state index is 0.178. The van der Waals surface area contributed by atoms with Crippen LogP contribution in [0.4, 0.5) is 4.79 Å². The third kappa shape index (κ3) is 2.63. The summed E-state index contributed by atoms with van der Waals surface area (Å²) in [6.45, 7) is 3.08. The molecule has 2 saturated heterocycles. The Morgan fingerprint density at radius 1 is 1.06 bits per heavy atom. The molecule has 4 nitrogen and oxygen atoms in total. The summed E-state index contributed by atoms with van der Waals surface area (Å²) >= 11 is 0. The highest BCUT2D eigenvalue weighted by atomic mass is 16.2. The molecule has 18 heavy (non-hydrogen) atoms. The van der Waals surface area contributed by atoms with Gasteiger partial charge in [0.1, 0.15) is 0 Å². The van der Waals surface area contributed by atoms with Crippen molar-refractivity contribution in [3.8, 4) is 0 Å². The Bertz CT molecular complexity index is 289. The van der Waals surface area contributed by atoms with Crippen LogP contribution in [-0.4, -0.2) is 42.6 Å². The molecule has 0 spiro atoms. The molecule has 0 bridgehead atoms. The molecule has 0 aromatic heterocycles. The van der Waals surface area contributed by atoms with Crippen LogP contribution in [-0.2, 0) is 0 Å². The lowest BCUT2D eigenvalue weighted by atomic mass is 9.88. The Hall–Kier alpha value is -0.770. The Morgan fingerprint density at radius 2 is 1.83 bits per heavy atom. The summed E-state index contributed by atoms with van der Waals surface area (Å²) in [7, 11) is 0. The maximum absolute atomic E-state index is 12.0. The van der Waals surface area contributed by atoms with E-state index >= 15 is 0 Å². The van der Waals surface area contributed by atoms with E-state index in [1.807, 2.05) is 4.90 Å². The lowest BCUT2D eigenvalue weighted by Gasteiger charge is -2.36. The van der Waals surface area contributed by atoms with Gasteiger partial charge in [0.25, 0.3) is 0 Å². The summed E-state index contributed by atoms with van der Waals surface area (Å²) in [4.78, 5) is 14.0. The number of hydrogen-bond donors (Lipinski definition) is 2. The van der Waals surface area contributed by atoms with Crippen LogP contribution in [0, 0.1) is 5.92 Å². The van der Waals surface area contributed by atoms with Gasteiger partial charge in [-0.05, 0) is 57.4 Å². The molecular weight excluding hydrogens is 226 g/mol. The zero-order valence-corrected chi connectivity index (χ0v) is 11.2. The molecule has 1 aliphatic carbocycles. The van der Waals surface area contributed by atoms with Crippen molar-refractivity contribution in [1.82, 2.24) is 15.5 Å². The fourth-order valence-electron chi connectivity index (χ4n) is 3.44. The van der Waals surface area contributed by atoms with E-state index in [1.54, 1.807) is 0 Å². The normalized spacial score (nSPS) is 30.2. The van der Waals surface area contributed by atoms with Gasteiger partial charge < -0.3 is 15.5 Å². The molecular formula is C14H25N3O. The predicted octanol–water partition coefficient (Wildman–Crippen LogP) is 1.71. The number of hydrogen-bond acceptors (Lipinski definition) is 2. The number of carbonyl (C=O) groups is 1. The van der Waals surface area contributed by atoms with Crippen molar-refractivity contribution >= 4 is 6.03 Å². The average Bonchev–Trinajstić information content (AvgIpc) is 2.87. The number of rotatable bonds is 2. The number of piperidine rings is 1. The third-order valence-corrected chi connectivity index (χ3v) is 4.93. The fourth-order valence-corrected chi connectivity index (χ4v) is 3.44. The Labute approximate surface area is 109 Å². The molecule has 4 heteroatoms. The average molecular weight is 251 g/mol. The molecule has 2 aliphatic heterocycles. The van der Waals surface area contributed by atoms with Gasteiger partial charge in [-0.15, -0.1) is 0 Å². The lowest BCUT2D eigenvalue weighted by Crippen LogP contribution is -2.51. The van der Waals surface area contributed by atoms with Gasteiger partial charge in [-0.2, -0.15) is 0 Å². The SMILES string of the molecule is O=C(NC1CCC1)N1CCC(C2CCCN2)CC1. The topological polar surface area (TPSA) is 44.4 Å². The highest BCUT2D eigenvalue weighted by Gasteiger charge is 2.30. The van der Waals surface area contributed by atoms with Crippen molar-refractivity contribution in [1.29, 1.82) is 0 Å². The molecule has 3 aliphatic rings. The standard InChI is InChI=1S/C14H25N3O/c18-14(16-12-3-1-4-12)17-9-6-11(7-10-17)13-5-2-8-15-13/h11-13,15H,1-10H2,(H,16,18). The second-order valence-corrected chi connectivity index (χ2v) is 6.10. The highest BCUT2D eigenvalue weighted by Crippen LogP contribution is 2.26. The zero-order valence-electron chi connectivity index (χ0n) is 11.2. The van der Waals surface area contributed by atoms with Crippen LogP contribution < -0.4 is 10.6 Å². The highest BCUT2D eigenvalue weighted by molar-refractivity contribution is 5.74. The number of nitrogens with zero attached hydrogens (tertiary/aromatic N) is 1. The van der Waals surface area contributed by atoms with Gasteiger partial charge in [-0.25, -0.2) is 4.79 Å².